The van der Waals surface area contributed by atoms with E-state index in [9.17, 15) is 9.59 Å². The summed E-state index contributed by atoms with van der Waals surface area (Å²) in [6.45, 7) is 6.13. The number of halogens is 1. The summed E-state index contributed by atoms with van der Waals surface area (Å²) in [6, 6.07) is 7.17. The number of nitrogens with one attached hydrogen (secondary N) is 1. The molecule has 122 valence electrons. The van der Waals surface area contributed by atoms with Crippen molar-refractivity contribution in [2.45, 2.75) is 20.8 Å². The minimum absolute atomic E-state index is 0.0152. The minimum atomic E-state index is -0.508. The molecule has 0 atom stereocenters. The fraction of sp³-hybridized carbons (Fsp3) is 0.500. The first-order valence-corrected chi connectivity index (χ1v) is 7.49. The van der Waals surface area contributed by atoms with Gasteiger partial charge in [0.15, 0.2) is 0 Å². The van der Waals surface area contributed by atoms with E-state index in [1.807, 2.05) is 12.1 Å². The van der Waals surface area contributed by atoms with Gasteiger partial charge in [0.05, 0.1) is 18.1 Å². The van der Waals surface area contributed by atoms with E-state index in [2.05, 4.69) is 5.32 Å². The van der Waals surface area contributed by atoms with E-state index in [4.69, 9.17) is 16.3 Å². The Labute approximate surface area is 136 Å². The molecule has 1 N–H and O–H groups in total. The smallest absolute Gasteiger partial charge is 0.241 e. The van der Waals surface area contributed by atoms with E-state index in [-0.39, 0.29) is 18.4 Å². The molecule has 0 aliphatic carbocycles. The third-order valence-electron chi connectivity index (χ3n) is 3.03. The molecule has 0 spiro atoms. The average molecular weight is 327 g/mol. The molecule has 0 heterocycles. The molecule has 0 saturated heterocycles. The second-order valence-electron chi connectivity index (χ2n) is 6.03. The molecule has 1 aromatic carbocycles. The lowest BCUT2D eigenvalue weighted by Gasteiger charge is -2.21. The molecule has 0 aromatic heterocycles. The first-order chi connectivity index (χ1) is 10.2. The zero-order valence-corrected chi connectivity index (χ0v) is 14.2. The molecule has 1 aromatic rings. The van der Waals surface area contributed by atoms with Crippen LogP contribution >= 0.6 is 11.6 Å². The molecule has 1 rings (SSSR count). The Balaban J connectivity index is 2.33. The Hall–Kier alpha value is -1.75. The lowest BCUT2D eigenvalue weighted by atomic mass is 9.96. The highest BCUT2D eigenvalue weighted by atomic mass is 35.5. The molecule has 0 bridgehead atoms. The summed E-state index contributed by atoms with van der Waals surface area (Å²) in [5, 5.41) is 3.16. The zero-order chi connectivity index (χ0) is 16.8. The summed E-state index contributed by atoms with van der Waals surface area (Å²) in [5.41, 5.74) is -0.508. The number of likely N-dealkylation sites (N-methyl/N-ethyl adjacent to an activating group) is 1. The van der Waals surface area contributed by atoms with Crippen LogP contribution < -0.4 is 10.1 Å². The van der Waals surface area contributed by atoms with Gasteiger partial charge in [-0.15, -0.1) is 0 Å². The second-order valence-corrected chi connectivity index (χ2v) is 6.43. The van der Waals surface area contributed by atoms with Crippen molar-refractivity contribution in [3.05, 3.63) is 29.3 Å². The number of ether oxygens (including phenoxy) is 1. The maximum Gasteiger partial charge on any atom is 0.241 e. The fourth-order valence-corrected chi connectivity index (χ4v) is 1.73. The molecule has 5 nitrogen and oxygen atoms in total. The summed E-state index contributed by atoms with van der Waals surface area (Å²) in [5.74, 6) is 0.271. The van der Waals surface area contributed by atoms with E-state index in [0.29, 0.717) is 23.9 Å². The number of hydrogen-bond donors (Lipinski definition) is 1. The minimum Gasteiger partial charge on any atom is -0.490 e. The Morgan fingerprint density at radius 3 is 2.50 bits per heavy atom. The van der Waals surface area contributed by atoms with Crippen molar-refractivity contribution in [1.82, 2.24) is 10.2 Å². The molecular formula is C16H23ClN2O3. The highest BCUT2D eigenvalue weighted by molar-refractivity contribution is 6.32. The fourth-order valence-electron chi connectivity index (χ4n) is 1.54. The van der Waals surface area contributed by atoms with Crippen LogP contribution in [0.5, 0.6) is 5.75 Å². The maximum absolute atomic E-state index is 11.9. The topological polar surface area (TPSA) is 58.6 Å². The quantitative estimate of drug-likeness (QED) is 0.873. The van der Waals surface area contributed by atoms with Gasteiger partial charge in [-0.1, -0.05) is 44.5 Å². The van der Waals surface area contributed by atoms with Gasteiger partial charge in [-0.25, -0.2) is 0 Å². The average Bonchev–Trinajstić information content (AvgIpc) is 2.45. The number of nitrogens with zero attached hydrogens (tertiary/aromatic N) is 1. The monoisotopic (exact) mass is 326 g/mol. The van der Waals surface area contributed by atoms with E-state index >= 15 is 0 Å². The van der Waals surface area contributed by atoms with Crippen LogP contribution in [0.3, 0.4) is 0 Å². The molecule has 2 amide bonds. The van der Waals surface area contributed by atoms with Crippen LogP contribution in [0.25, 0.3) is 0 Å². The Bertz CT molecular complexity index is 526. The largest absolute Gasteiger partial charge is 0.490 e. The predicted octanol–water partition coefficient (Wildman–Crippen LogP) is 2.34. The molecule has 0 saturated carbocycles. The van der Waals surface area contributed by atoms with Crippen LogP contribution in [0.4, 0.5) is 0 Å². The van der Waals surface area contributed by atoms with Crippen LogP contribution in [0, 0.1) is 5.41 Å². The van der Waals surface area contributed by atoms with Crippen molar-refractivity contribution < 1.29 is 14.3 Å². The van der Waals surface area contributed by atoms with Gasteiger partial charge in [-0.3, -0.25) is 9.59 Å². The first-order valence-electron chi connectivity index (χ1n) is 7.11. The summed E-state index contributed by atoms with van der Waals surface area (Å²) in [4.78, 5) is 25.1. The normalized spacial score (nSPS) is 11.0. The summed E-state index contributed by atoms with van der Waals surface area (Å²) in [6.07, 6.45) is 0. The highest BCUT2D eigenvalue weighted by Gasteiger charge is 2.22. The van der Waals surface area contributed by atoms with Gasteiger partial charge in [0, 0.05) is 12.5 Å². The van der Waals surface area contributed by atoms with E-state index < -0.39 is 5.41 Å². The van der Waals surface area contributed by atoms with Crippen LogP contribution in [0.1, 0.15) is 20.8 Å². The lowest BCUT2D eigenvalue weighted by molar-refractivity contribution is -0.134. The molecule has 0 radical (unpaired) electrons. The Morgan fingerprint density at radius 2 is 1.91 bits per heavy atom. The molecule has 6 heteroatoms. The molecule has 0 fully saturated rings. The number of hydrogen-bond acceptors (Lipinski definition) is 3. The van der Waals surface area contributed by atoms with E-state index in [0.717, 1.165) is 0 Å². The number of carbonyl (C=O) groups excluding carboxylic acids is 2. The standard InChI is InChI=1S/C16H23ClN2O3/c1-16(2,3)15(21)18-11-14(20)19(4)9-10-22-13-8-6-5-7-12(13)17/h5-8H,9-11H2,1-4H3,(H,18,21). The molecular weight excluding hydrogens is 304 g/mol. The highest BCUT2D eigenvalue weighted by Crippen LogP contribution is 2.22. The summed E-state index contributed by atoms with van der Waals surface area (Å²) >= 11 is 5.98. The predicted molar refractivity (Wildman–Crippen MR) is 87.0 cm³/mol. The van der Waals surface area contributed by atoms with Crippen LogP contribution in [-0.2, 0) is 9.59 Å². The Morgan fingerprint density at radius 1 is 1.27 bits per heavy atom. The second kappa shape index (κ2) is 8.03. The van der Waals surface area contributed by atoms with Crippen molar-refractivity contribution in [2.75, 3.05) is 26.7 Å². The number of para-hydroxylation sites is 1. The van der Waals surface area contributed by atoms with Crippen molar-refractivity contribution in [3.63, 3.8) is 0 Å². The van der Waals surface area contributed by atoms with Crippen LogP contribution in [0.15, 0.2) is 24.3 Å². The molecule has 0 aliphatic heterocycles. The summed E-state index contributed by atoms with van der Waals surface area (Å²) < 4.78 is 5.52. The van der Waals surface area contributed by atoms with Gasteiger partial charge in [0.1, 0.15) is 12.4 Å². The SMILES string of the molecule is CN(CCOc1ccccc1Cl)C(=O)CNC(=O)C(C)(C)C. The third kappa shape index (κ3) is 5.93. The van der Waals surface area contributed by atoms with Crippen molar-refractivity contribution in [2.24, 2.45) is 5.41 Å². The van der Waals surface area contributed by atoms with Crippen LogP contribution in [-0.4, -0.2) is 43.5 Å². The number of benzene rings is 1. The van der Waals surface area contributed by atoms with Crippen molar-refractivity contribution in [3.8, 4) is 5.75 Å². The molecule has 0 aliphatic rings. The van der Waals surface area contributed by atoms with Crippen molar-refractivity contribution >= 4 is 23.4 Å². The van der Waals surface area contributed by atoms with Gasteiger partial charge in [-0.2, -0.15) is 0 Å². The van der Waals surface area contributed by atoms with E-state index in [1.54, 1.807) is 40.0 Å². The van der Waals surface area contributed by atoms with Gasteiger partial charge in [0.2, 0.25) is 11.8 Å². The molecule has 22 heavy (non-hydrogen) atoms. The number of carbonyl (C=O) groups is 2. The maximum atomic E-state index is 11.9. The van der Waals surface area contributed by atoms with E-state index in [1.165, 1.54) is 4.90 Å². The van der Waals surface area contributed by atoms with Gasteiger partial charge in [0.25, 0.3) is 0 Å². The lowest BCUT2D eigenvalue weighted by Crippen LogP contribution is -2.43. The van der Waals surface area contributed by atoms with Gasteiger partial charge < -0.3 is 15.0 Å². The Kier molecular flexibility index (Phi) is 6.68. The first kappa shape index (κ1) is 18.3. The van der Waals surface area contributed by atoms with Gasteiger partial charge >= 0.3 is 0 Å². The third-order valence-corrected chi connectivity index (χ3v) is 3.34. The molecule has 0 unspecified atom stereocenters. The van der Waals surface area contributed by atoms with Crippen LogP contribution in [0.2, 0.25) is 5.02 Å². The van der Waals surface area contributed by atoms with Crippen molar-refractivity contribution in [1.29, 1.82) is 0 Å². The van der Waals surface area contributed by atoms with Gasteiger partial charge in [-0.05, 0) is 12.1 Å². The number of rotatable bonds is 6. The summed E-state index contributed by atoms with van der Waals surface area (Å²) in [7, 11) is 1.67. The zero-order valence-electron chi connectivity index (χ0n) is 13.5. The number of amides is 2.